The monoisotopic (exact) mass is 309 g/mol. The topological polar surface area (TPSA) is 49.6 Å². The Morgan fingerprint density at radius 3 is 2.29 bits per heavy atom. The summed E-state index contributed by atoms with van der Waals surface area (Å²) >= 11 is 5.90. The summed E-state index contributed by atoms with van der Waals surface area (Å²) < 4.78 is 0. The van der Waals surface area contributed by atoms with Crippen molar-refractivity contribution < 1.29 is 4.79 Å². The largest absolute Gasteiger partial charge is 0.340 e. The highest BCUT2D eigenvalue weighted by atomic mass is 35.5. The van der Waals surface area contributed by atoms with Gasteiger partial charge in [-0.3, -0.25) is 9.69 Å². The molecular formula is C16H24ClN3O. The summed E-state index contributed by atoms with van der Waals surface area (Å²) in [5.41, 5.74) is 7.07. The van der Waals surface area contributed by atoms with Gasteiger partial charge in [-0.05, 0) is 24.6 Å². The zero-order chi connectivity index (χ0) is 15.4. The Hall–Kier alpha value is -1.10. The van der Waals surface area contributed by atoms with Gasteiger partial charge in [-0.25, -0.2) is 0 Å². The summed E-state index contributed by atoms with van der Waals surface area (Å²) in [7, 11) is 0. The third-order valence-electron chi connectivity index (χ3n) is 4.18. The Bertz CT molecular complexity index is 467. The van der Waals surface area contributed by atoms with Crippen LogP contribution in [0.25, 0.3) is 0 Å². The van der Waals surface area contributed by atoms with Gasteiger partial charge in [0.2, 0.25) is 5.91 Å². The molecule has 5 heteroatoms. The highest BCUT2D eigenvalue weighted by Gasteiger charge is 2.26. The first-order valence-electron chi connectivity index (χ1n) is 7.48. The van der Waals surface area contributed by atoms with Crippen LogP contribution in [0.15, 0.2) is 24.3 Å². The molecule has 1 heterocycles. The molecular weight excluding hydrogens is 286 g/mol. The molecule has 2 unspecified atom stereocenters. The Morgan fingerprint density at radius 1 is 1.19 bits per heavy atom. The number of rotatable bonds is 4. The molecule has 21 heavy (non-hydrogen) atoms. The van der Waals surface area contributed by atoms with Crippen molar-refractivity contribution in [2.75, 3.05) is 26.2 Å². The molecule has 1 saturated heterocycles. The number of nitrogens with two attached hydrogens (primary N) is 1. The average molecular weight is 310 g/mol. The smallest absolute Gasteiger partial charge is 0.227 e. The van der Waals surface area contributed by atoms with Crippen LogP contribution in [0, 0.1) is 5.92 Å². The van der Waals surface area contributed by atoms with Gasteiger partial charge in [-0.2, -0.15) is 0 Å². The molecule has 1 fully saturated rings. The number of nitrogens with zero attached hydrogens (tertiary/aromatic N) is 2. The molecule has 1 aliphatic rings. The molecule has 1 aliphatic heterocycles. The number of hydrogen-bond acceptors (Lipinski definition) is 3. The van der Waals surface area contributed by atoms with Crippen LogP contribution in [0.1, 0.15) is 19.4 Å². The second kappa shape index (κ2) is 7.25. The van der Waals surface area contributed by atoms with Crippen molar-refractivity contribution in [1.29, 1.82) is 0 Å². The van der Waals surface area contributed by atoms with E-state index in [2.05, 4.69) is 17.0 Å². The van der Waals surface area contributed by atoms with Crippen LogP contribution >= 0.6 is 11.6 Å². The lowest BCUT2D eigenvalue weighted by Crippen LogP contribution is -2.51. The third kappa shape index (κ3) is 4.43. The van der Waals surface area contributed by atoms with Gasteiger partial charge in [0.1, 0.15) is 0 Å². The molecule has 0 aliphatic carbocycles. The van der Waals surface area contributed by atoms with E-state index < -0.39 is 0 Å². The van der Waals surface area contributed by atoms with Crippen LogP contribution in [0.4, 0.5) is 0 Å². The lowest BCUT2D eigenvalue weighted by atomic mass is 10.0. The fourth-order valence-corrected chi connectivity index (χ4v) is 2.61. The predicted molar refractivity (Wildman–Crippen MR) is 86.1 cm³/mol. The SMILES string of the molecule is CC(N)C(C)C(=O)N1CCN(Cc2ccc(Cl)cc2)CC1. The van der Waals surface area contributed by atoms with Gasteiger partial charge >= 0.3 is 0 Å². The highest BCUT2D eigenvalue weighted by molar-refractivity contribution is 6.30. The van der Waals surface area contributed by atoms with E-state index in [9.17, 15) is 4.79 Å². The average Bonchev–Trinajstić information content (AvgIpc) is 2.49. The maximum absolute atomic E-state index is 12.3. The number of amides is 1. The number of carbonyl (C=O) groups excluding carboxylic acids is 1. The number of piperazine rings is 1. The molecule has 1 amide bonds. The summed E-state index contributed by atoms with van der Waals surface area (Å²) in [5, 5.41) is 0.763. The second-order valence-electron chi connectivity index (χ2n) is 5.88. The highest BCUT2D eigenvalue weighted by Crippen LogP contribution is 2.14. The van der Waals surface area contributed by atoms with Crippen LogP contribution in [-0.2, 0) is 11.3 Å². The molecule has 2 atom stereocenters. The third-order valence-corrected chi connectivity index (χ3v) is 4.43. The van der Waals surface area contributed by atoms with Gasteiger partial charge in [0, 0.05) is 43.8 Å². The van der Waals surface area contributed by atoms with E-state index in [1.807, 2.05) is 30.9 Å². The van der Waals surface area contributed by atoms with E-state index in [0.29, 0.717) is 0 Å². The molecule has 0 radical (unpaired) electrons. The summed E-state index contributed by atoms with van der Waals surface area (Å²) in [6.45, 7) is 8.07. The van der Waals surface area contributed by atoms with E-state index >= 15 is 0 Å². The molecule has 0 bridgehead atoms. The van der Waals surface area contributed by atoms with E-state index in [4.69, 9.17) is 17.3 Å². The van der Waals surface area contributed by atoms with Crippen molar-refractivity contribution in [2.24, 2.45) is 11.7 Å². The van der Waals surface area contributed by atoms with Gasteiger partial charge in [-0.1, -0.05) is 30.7 Å². The van der Waals surface area contributed by atoms with Gasteiger partial charge in [-0.15, -0.1) is 0 Å². The van der Waals surface area contributed by atoms with Gasteiger partial charge in [0.15, 0.2) is 0 Å². The summed E-state index contributed by atoms with van der Waals surface area (Å²) in [4.78, 5) is 16.6. The minimum atomic E-state index is -0.104. The van der Waals surface area contributed by atoms with E-state index in [1.165, 1.54) is 5.56 Å². The normalized spacial score (nSPS) is 19.3. The van der Waals surface area contributed by atoms with Gasteiger partial charge < -0.3 is 10.6 Å². The molecule has 1 aromatic rings. The van der Waals surface area contributed by atoms with Gasteiger partial charge in [0.05, 0.1) is 5.92 Å². The number of benzene rings is 1. The van der Waals surface area contributed by atoms with Crippen LogP contribution in [0.3, 0.4) is 0 Å². The molecule has 0 spiro atoms. The fraction of sp³-hybridized carbons (Fsp3) is 0.562. The molecule has 4 nitrogen and oxygen atoms in total. The van der Waals surface area contributed by atoms with Crippen molar-refractivity contribution >= 4 is 17.5 Å². The van der Waals surface area contributed by atoms with Crippen molar-refractivity contribution in [2.45, 2.75) is 26.4 Å². The lowest BCUT2D eigenvalue weighted by Gasteiger charge is -2.36. The zero-order valence-corrected chi connectivity index (χ0v) is 13.5. The fourth-order valence-electron chi connectivity index (χ4n) is 2.49. The van der Waals surface area contributed by atoms with E-state index in [0.717, 1.165) is 37.7 Å². The first-order chi connectivity index (χ1) is 9.97. The van der Waals surface area contributed by atoms with Crippen molar-refractivity contribution in [3.05, 3.63) is 34.9 Å². The Kier molecular flexibility index (Phi) is 5.62. The second-order valence-corrected chi connectivity index (χ2v) is 6.31. The molecule has 116 valence electrons. The maximum Gasteiger partial charge on any atom is 0.227 e. The van der Waals surface area contributed by atoms with Crippen molar-refractivity contribution in [3.63, 3.8) is 0 Å². The summed E-state index contributed by atoms with van der Waals surface area (Å²) in [5.74, 6) is 0.0731. The molecule has 2 N–H and O–H groups in total. The zero-order valence-electron chi connectivity index (χ0n) is 12.8. The van der Waals surface area contributed by atoms with Crippen LogP contribution in [-0.4, -0.2) is 47.9 Å². The number of hydrogen-bond donors (Lipinski definition) is 1. The molecule has 0 aromatic heterocycles. The summed E-state index contributed by atoms with van der Waals surface area (Å²) in [6, 6.07) is 7.85. The van der Waals surface area contributed by atoms with Crippen LogP contribution in [0.5, 0.6) is 0 Å². The molecule has 2 rings (SSSR count). The van der Waals surface area contributed by atoms with Gasteiger partial charge in [0.25, 0.3) is 0 Å². The first-order valence-corrected chi connectivity index (χ1v) is 7.86. The standard InChI is InChI=1S/C16H24ClN3O/c1-12(13(2)18)16(21)20-9-7-19(8-10-20)11-14-3-5-15(17)6-4-14/h3-6,12-13H,7-11,18H2,1-2H3. The van der Waals surface area contributed by atoms with Crippen molar-refractivity contribution in [3.8, 4) is 0 Å². The number of halogens is 1. The lowest BCUT2D eigenvalue weighted by molar-refractivity contribution is -0.137. The van der Waals surface area contributed by atoms with Crippen molar-refractivity contribution in [1.82, 2.24) is 9.80 Å². The maximum atomic E-state index is 12.3. The summed E-state index contributed by atoms with van der Waals surface area (Å²) in [6.07, 6.45) is 0. The van der Waals surface area contributed by atoms with Crippen LogP contribution in [0.2, 0.25) is 5.02 Å². The first kappa shape index (κ1) is 16.3. The quantitative estimate of drug-likeness (QED) is 0.925. The molecule has 0 saturated carbocycles. The molecule has 1 aromatic carbocycles. The Labute approximate surface area is 131 Å². The van der Waals surface area contributed by atoms with Crippen LogP contribution < -0.4 is 5.73 Å². The number of carbonyl (C=O) groups is 1. The predicted octanol–water partition coefficient (Wildman–Crippen LogP) is 1.97. The van der Waals surface area contributed by atoms with E-state index in [1.54, 1.807) is 0 Å². The Balaban J connectivity index is 1.83. The van der Waals surface area contributed by atoms with E-state index in [-0.39, 0.29) is 17.9 Å². The minimum Gasteiger partial charge on any atom is -0.340 e. The minimum absolute atomic E-state index is 0.0930. The Morgan fingerprint density at radius 2 is 1.76 bits per heavy atom.